The summed E-state index contributed by atoms with van der Waals surface area (Å²) in [6.45, 7) is 2.08. The third kappa shape index (κ3) is 6.61. The summed E-state index contributed by atoms with van der Waals surface area (Å²) < 4.78 is 12.0. The second-order valence-electron chi connectivity index (χ2n) is 10.2. The fourth-order valence-corrected chi connectivity index (χ4v) is 4.72. The summed E-state index contributed by atoms with van der Waals surface area (Å²) >= 11 is 0. The van der Waals surface area contributed by atoms with Gasteiger partial charge < -0.3 is 9.47 Å². The van der Waals surface area contributed by atoms with Crippen molar-refractivity contribution in [2.75, 3.05) is 0 Å². The van der Waals surface area contributed by atoms with Crippen molar-refractivity contribution in [2.24, 2.45) is 0 Å². The molecule has 0 saturated heterocycles. The maximum atomic E-state index is 13.0. The van der Waals surface area contributed by atoms with Gasteiger partial charge in [-0.3, -0.25) is 9.59 Å². The lowest BCUT2D eigenvalue weighted by atomic mass is 9.99. The van der Waals surface area contributed by atoms with E-state index < -0.39 is 0 Å². The summed E-state index contributed by atoms with van der Waals surface area (Å²) in [6.07, 6.45) is 0.821. The van der Waals surface area contributed by atoms with Crippen LogP contribution in [-0.4, -0.2) is 12.1 Å². The van der Waals surface area contributed by atoms with Gasteiger partial charge in [0.1, 0.15) is 29.3 Å². The molecule has 0 aliphatic rings. The minimum absolute atomic E-state index is 0.0668. The lowest BCUT2D eigenvalue weighted by Gasteiger charge is -2.10. The molecule has 0 N–H and O–H groups in total. The Morgan fingerprint density at radius 2 is 0.744 bits per heavy atom. The zero-order valence-electron chi connectivity index (χ0n) is 23.6. The van der Waals surface area contributed by atoms with E-state index in [9.17, 15) is 9.59 Å². The molecule has 0 fully saturated rings. The number of hydrogen-bond donors (Lipinski definition) is 0. The SMILES string of the molecule is Cc1ccc(-c2ccc(Oc3ccc(Oc4ccc(C(=O)c5ccc(-c6ccc(C=O)cc6)cc5)cc4)cc3)cc2)cc1. The third-order valence-electron chi connectivity index (χ3n) is 7.18. The van der Waals surface area contributed by atoms with E-state index in [2.05, 4.69) is 43.3 Å². The Morgan fingerprint density at radius 1 is 0.442 bits per heavy atom. The molecule has 0 aromatic heterocycles. The van der Waals surface area contributed by atoms with E-state index in [0.717, 1.165) is 28.7 Å². The minimum atomic E-state index is -0.0668. The van der Waals surface area contributed by atoms with Crippen LogP contribution in [-0.2, 0) is 0 Å². The number of aryl methyl sites for hydroxylation is 1. The van der Waals surface area contributed by atoms with Crippen LogP contribution in [0, 0.1) is 6.92 Å². The summed E-state index contributed by atoms with van der Waals surface area (Å²) in [7, 11) is 0. The Balaban J connectivity index is 1.05. The largest absolute Gasteiger partial charge is 0.457 e. The first-order chi connectivity index (χ1) is 21.0. The van der Waals surface area contributed by atoms with Gasteiger partial charge in [0.25, 0.3) is 0 Å². The first-order valence-electron chi connectivity index (χ1n) is 14.0. The standard InChI is InChI=1S/C39H28O4/c1-27-2-6-29(7-3-27)32-14-18-35(19-15-32)42-37-22-24-38(25-23-37)43-36-20-16-34(17-21-36)39(41)33-12-10-31(11-13-33)30-8-4-28(26-40)5-9-30/h2-26H,1H3. The minimum Gasteiger partial charge on any atom is -0.457 e. The number of carbonyl (C=O) groups excluding carboxylic acids is 2. The summed E-state index contributed by atoms with van der Waals surface area (Å²) in [5.41, 5.74) is 7.32. The van der Waals surface area contributed by atoms with Crippen molar-refractivity contribution in [1.29, 1.82) is 0 Å². The van der Waals surface area contributed by atoms with E-state index in [1.807, 2.05) is 72.8 Å². The lowest BCUT2D eigenvalue weighted by molar-refractivity contribution is 0.103. The predicted octanol–water partition coefficient (Wildman–Crippen LogP) is 9.96. The van der Waals surface area contributed by atoms with Gasteiger partial charge in [-0.15, -0.1) is 0 Å². The van der Waals surface area contributed by atoms with Crippen molar-refractivity contribution in [3.63, 3.8) is 0 Å². The van der Waals surface area contributed by atoms with Gasteiger partial charge in [-0.2, -0.15) is 0 Å². The molecule has 0 bridgehead atoms. The molecule has 0 radical (unpaired) electrons. The van der Waals surface area contributed by atoms with Gasteiger partial charge in [0.2, 0.25) is 0 Å². The van der Waals surface area contributed by atoms with Crippen LogP contribution in [0.4, 0.5) is 0 Å². The van der Waals surface area contributed by atoms with Crippen molar-refractivity contribution in [1.82, 2.24) is 0 Å². The second-order valence-corrected chi connectivity index (χ2v) is 10.2. The molecule has 0 spiro atoms. The summed E-state index contributed by atoms with van der Waals surface area (Å²) in [5, 5.41) is 0. The zero-order valence-corrected chi connectivity index (χ0v) is 23.6. The molecule has 0 amide bonds. The number of carbonyl (C=O) groups is 2. The molecule has 0 aliphatic heterocycles. The number of benzene rings is 6. The molecule has 0 atom stereocenters. The number of rotatable bonds is 9. The Labute approximate surface area is 250 Å². The second kappa shape index (κ2) is 12.4. The Kier molecular flexibility index (Phi) is 7.92. The van der Waals surface area contributed by atoms with Gasteiger partial charge >= 0.3 is 0 Å². The molecule has 43 heavy (non-hydrogen) atoms. The molecular formula is C39H28O4. The predicted molar refractivity (Wildman–Crippen MR) is 170 cm³/mol. The van der Waals surface area contributed by atoms with Crippen LogP contribution < -0.4 is 9.47 Å². The van der Waals surface area contributed by atoms with Crippen molar-refractivity contribution < 1.29 is 19.1 Å². The van der Waals surface area contributed by atoms with Crippen molar-refractivity contribution in [3.05, 3.63) is 168 Å². The summed E-state index contributed by atoms with van der Waals surface area (Å²) in [4.78, 5) is 23.9. The highest BCUT2D eigenvalue weighted by Gasteiger charge is 2.10. The fraction of sp³-hybridized carbons (Fsp3) is 0.0256. The van der Waals surface area contributed by atoms with Gasteiger partial charge in [-0.1, -0.05) is 90.5 Å². The van der Waals surface area contributed by atoms with E-state index in [0.29, 0.717) is 33.9 Å². The smallest absolute Gasteiger partial charge is 0.193 e. The van der Waals surface area contributed by atoms with Crippen LogP contribution >= 0.6 is 0 Å². The summed E-state index contributed by atoms with van der Waals surface area (Å²) in [5.74, 6) is 2.69. The van der Waals surface area contributed by atoms with Gasteiger partial charge in [0.15, 0.2) is 5.78 Å². The monoisotopic (exact) mass is 560 g/mol. The number of aldehydes is 1. The van der Waals surface area contributed by atoms with E-state index >= 15 is 0 Å². The van der Waals surface area contributed by atoms with Crippen LogP contribution in [0.15, 0.2) is 146 Å². The van der Waals surface area contributed by atoms with Crippen molar-refractivity contribution in [3.8, 4) is 45.3 Å². The van der Waals surface area contributed by atoms with Gasteiger partial charge in [0.05, 0.1) is 0 Å². The maximum absolute atomic E-state index is 13.0. The molecule has 6 aromatic carbocycles. The number of ketones is 1. The summed E-state index contributed by atoms with van der Waals surface area (Å²) in [6, 6.07) is 45.8. The van der Waals surface area contributed by atoms with Gasteiger partial charge in [0, 0.05) is 16.7 Å². The number of hydrogen-bond acceptors (Lipinski definition) is 4. The highest BCUT2D eigenvalue weighted by Crippen LogP contribution is 2.29. The molecule has 208 valence electrons. The van der Waals surface area contributed by atoms with Crippen LogP contribution in [0.3, 0.4) is 0 Å². The first kappa shape index (κ1) is 27.4. The van der Waals surface area contributed by atoms with Gasteiger partial charge in [-0.05, 0) is 89.8 Å². The normalized spacial score (nSPS) is 10.6. The fourth-order valence-electron chi connectivity index (χ4n) is 4.72. The Hall–Kier alpha value is -5.74. The molecule has 6 aromatic rings. The molecular weight excluding hydrogens is 532 g/mol. The number of ether oxygens (including phenoxy) is 2. The molecule has 4 nitrogen and oxygen atoms in total. The molecule has 0 heterocycles. The molecule has 0 saturated carbocycles. The average Bonchev–Trinajstić information content (AvgIpc) is 3.07. The van der Waals surface area contributed by atoms with Crippen molar-refractivity contribution in [2.45, 2.75) is 6.92 Å². The van der Waals surface area contributed by atoms with E-state index in [4.69, 9.17) is 9.47 Å². The Bertz CT molecular complexity index is 1830. The van der Waals surface area contributed by atoms with Crippen LogP contribution in [0.25, 0.3) is 22.3 Å². The first-order valence-corrected chi connectivity index (χ1v) is 14.0. The highest BCUT2D eigenvalue weighted by atomic mass is 16.5. The topological polar surface area (TPSA) is 52.6 Å². The van der Waals surface area contributed by atoms with E-state index in [-0.39, 0.29) is 5.78 Å². The lowest BCUT2D eigenvalue weighted by Crippen LogP contribution is -2.01. The van der Waals surface area contributed by atoms with E-state index in [1.54, 1.807) is 36.4 Å². The molecule has 0 aliphatic carbocycles. The third-order valence-corrected chi connectivity index (χ3v) is 7.18. The maximum Gasteiger partial charge on any atom is 0.193 e. The molecule has 4 heteroatoms. The zero-order chi connectivity index (χ0) is 29.6. The van der Waals surface area contributed by atoms with E-state index in [1.165, 1.54) is 11.1 Å². The highest BCUT2D eigenvalue weighted by molar-refractivity contribution is 6.09. The molecule has 6 rings (SSSR count). The Morgan fingerprint density at radius 3 is 1.16 bits per heavy atom. The molecule has 0 unspecified atom stereocenters. The van der Waals surface area contributed by atoms with Crippen LogP contribution in [0.2, 0.25) is 0 Å². The van der Waals surface area contributed by atoms with Crippen LogP contribution in [0.5, 0.6) is 23.0 Å². The van der Waals surface area contributed by atoms with Crippen molar-refractivity contribution >= 4 is 12.1 Å². The quantitative estimate of drug-likeness (QED) is 0.130. The average molecular weight is 561 g/mol. The van der Waals surface area contributed by atoms with Crippen LogP contribution in [0.1, 0.15) is 31.8 Å². The van der Waals surface area contributed by atoms with Gasteiger partial charge in [-0.25, -0.2) is 0 Å².